The number of carbonyl (C=O) groups excluding carboxylic acids is 1. The number of nitrogens with one attached hydrogen (secondary N) is 1. The van der Waals surface area contributed by atoms with Crippen LogP contribution in [-0.2, 0) is 0 Å². The van der Waals surface area contributed by atoms with Crippen molar-refractivity contribution in [2.45, 2.75) is 38.8 Å². The molecule has 2 rings (SSSR count). The first-order chi connectivity index (χ1) is 9.06. The van der Waals surface area contributed by atoms with E-state index in [4.69, 9.17) is 0 Å². The second kappa shape index (κ2) is 6.57. The van der Waals surface area contributed by atoms with Crippen molar-refractivity contribution >= 4 is 6.03 Å². The van der Waals surface area contributed by atoms with Crippen LogP contribution in [0.5, 0.6) is 0 Å². The summed E-state index contributed by atoms with van der Waals surface area (Å²) in [5.74, 6) is 0. The molecule has 2 amide bonds. The van der Waals surface area contributed by atoms with Gasteiger partial charge in [0.15, 0.2) is 0 Å². The van der Waals surface area contributed by atoms with Gasteiger partial charge < -0.3 is 15.1 Å². The molecule has 2 heterocycles. The van der Waals surface area contributed by atoms with E-state index >= 15 is 0 Å². The number of likely N-dealkylation sites (tertiary alicyclic amines) is 1. The molecule has 2 aliphatic rings. The third kappa shape index (κ3) is 4.08. The van der Waals surface area contributed by atoms with Gasteiger partial charge in [0, 0.05) is 38.3 Å². The molecule has 0 radical (unpaired) electrons. The van der Waals surface area contributed by atoms with Gasteiger partial charge in [-0.3, -0.25) is 4.90 Å². The lowest BCUT2D eigenvalue weighted by Gasteiger charge is -2.42. The highest BCUT2D eigenvalue weighted by Crippen LogP contribution is 2.17. The number of hydrogen-bond donors (Lipinski definition) is 1. The van der Waals surface area contributed by atoms with Crippen molar-refractivity contribution in [1.82, 2.24) is 20.0 Å². The second-order valence-corrected chi connectivity index (χ2v) is 6.16. The predicted molar refractivity (Wildman–Crippen MR) is 77.3 cm³/mol. The summed E-state index contributed by atoms with van der Waals surface area (Å²) in [5, 5.41) is 2.97. The summed E-state index contributed by atoms with van der Waals surface area (Å²) in [4.78, 5) is 18.9. The molecule has 19 heavy (non-hydrogen) atoms. The topological polar surface area (TPSA) is 38.8 Å². The van der Waals surface area contributed by atoms with Crippen LogP contribution in [0.15, 0.2) is 0 Å². The largest absolute Gasteiger partial charge is 0.336 e. The van der Waals surface area contributed by atoms with Gasteiger partial charge in [-0.25, -0.2) is 4.79 Å². The zero-order valence-corrected chi connectivity index (χ0v) is 12.6. The number of piperazine rings is 1. The Labute approximate surface area is 116 Å². The molecule has 0 unspecified atom stereocenters. The Bertz CT molecular complexity index is 292. The summed E-state index contributed by atoms with van der Waals surface area (Å²) < 4.78 is 0. The fourth-order valence-electron chi connectivity index (χ4n) is 2.99. The van der Waals surface area contributed by atoms with Crippen LogP contribution in [0.1, 0.15) is 26.7 Å². The van der Waals surface area contributed by atoms with Crippen molar-refractivity contribution in [1.29, 1.82) is 0 Å². The fraction of sp³-hybridized carbons (Fsp3) is 0.929. The van der Waals surface area contributed by atoms with Gasteiger partial charge in [0.05, 0.1) is 0 Å². The van der Waals surface area contributed by atoms with Crippen LogP contribution in [0.2, 0.25) is 0 Å². The minimum absolute atomic E-state index is 0.0954. The summed E-state index contributed by atoms with van der Waals surface area (Å²) in [7, 11) is 2.20. The average Bonchev–Trinajstić information content (AvgIpc) is 2.39. The van der Waals surface area contributed by atoms with Crippen LogP contribution >= 0.6 is 0 Å². The summed E-state index contributed by atoms with van der Waals surface area (Å²) in [6, 6.07) is 1.05. The smallest absolute Gasteiger partial charge is 0.317 e. The van der Waals surface area contributed by atoms with E-state index in [0.29, 0.717) is 0 Å². The second-order valence-electron chi connectivity index (χ2n) is 6.16. The molecule has 0 saturated carbocycles. The van der Waals surface area contributed by atoms with Crippen LogP contribution in [0.4, 0.5) is 4.79 Å². The quantitative estimate of drug-likeness (QED) is 0.806. The Kier molecular flexibility index (Phi) is 5.05. The Morgan fingerprint density at radius 2 is 1.63 bits per heavy atom. The molecule has 5 nitrogen and oxygen atoms in total. The summed E-state index contributed by atoms with van der Waals surface area (Å²) >= 11 is 0. The lowest BCUT2D eigenvalue weighted by molar-refractivity contribution is 0.0746. The first-order valence-electron chi connectivity index (χ1n) is 7.54. The highest BCUT2D eigenvalue weighted by molar-refractivity contribution is 5.74. The summed E-state index contributed by atoms with van der Waals surface area (Å²) in [5.41, 5.74) is 0. The van der Waals surface area contributed by atoms with Gasteiger partial charge in [-0.05, 0) is 46.8 Å². The van der Waals surface area contributed by atoms with E-state index in [9.17, 15) is 4.79 Å². The number of urea groups is 1. The normalized spacial score (nSPS) is 23.9. The number of nitrogens with zero attached hydrogens (tertiary/aromatic N) is 3. The molecule has 110 valence electrons. The molecular formula is C14H28N4O. The SMILES string of the molecule is CC(C)NC(=O)N1CCN(C2CCN(C)CC2)CC1. The highest BCUT2D eigenvalue weighted by Gasteiger charge is 2.27. The van der Waals surface area contributed by atoms with Crippen LogP contribution in [0.3, 0.4) is 0 Å². The highest BCUT2D eigenvalue weighted by atomic mass is 16.2. The molecule has 0 aliphatic carbocycles. The van der Waals surface area contributed by atoms with Crippen LogP contribution in [-0.4, -0.2) is 79.1 Å². The Hall–Kier alpha value is -0.810. The van der Waals surface area contributed by atoms with E-state index in [0.717, 1.165) is 32.2 Å². The maximum Gasteiger partial charge on any atom is 0.317 e. The lowest BCUT2D eigenvalue weighted by atomic mass is 10.0. The van der Waals surface area contributed by atoms with Crippen molar-refractivity contribution in [2.24, 2.45) is 0 Å². The van der Waals surface area contributed by atoms with Gasteiger partial charge in [-0.15, -0.1) is 0 Å². The Balaban J connectivity index is 1.74. The van der Waals surface area contributed by atoms with Gasteiger partial charge in [0.25, 0.3) is 0 Å². The van der Waals surface area contributed by atoms with Gasteiger partial charge in [0.1, 0.15) is 0 Å². The zero-order chi connectivity index (χ0) is 13.8. The number of hydrogen-bond acceptors (Lipinski definition) is 3. The van der Waals surface area contributed by atoms with Crippen LogP contribution < -0.4 is 5.32 Å². The minimum atomic E-state index is 0.0954. The van der Waals surface area contributed by atoms with Gasteiger partial charge in [-0.1, -0.05) is 0 Å². The molecule has 0 aromatic rings. The molecule has 1 N–H and O–H groups in total. The van der Waals surface area contributed by atoms with Gasteiger partial charge >= 0.3 is 6.03 Å². The fourth-order valence-corrected chi connectivity index (χ4v) is 2.99. The third-order valence-corrected chi connectivity index (χ3v) is 4.22. The number of amides is 2. The molecule has 0 spiro atoms. The molecule has 5 heteroatoms. The molecule has 0 bridgehead atoms. The van der Waals surface area contributed by atoms with Crippen LogP contribution in [0.25, 0.3) is 0 Å². The van der Waals surface area contributed by atoms with E-state index < -0.39 is 0 Å². The van der Waals surface area contributed by atoms with E-state index in [2.05, 4.69) is 22.2 Å². The van der Waals surface area contributed by atoms with Crippen molar-refractivity contribution in [3.05, 3.63) is 0 Å². The van der Waals surface area contributed by atoms with E-state index in [-0.39, 0.29) is 12.1 Å². The first-order valence-corrected chi connectivity index (χ1v) is 7.54. The standard InChI is InChI=1S/C14H28N4O/c1-12(2)15-14(19)18-10-8-17(9-11-18)13-4-6-16(3)7-5-13/h12-13H,4-11H2,1-3H3,(H,15,19). The lowest BCUT2D eigenvalue weighted by Crippen LogP contribution is -2.56. The molecule has 0 atom stereocenters. The van der Waals surface area contributed by atoms with E-state index in [1.165, 1.54) is 25.9 Å². The number of carbonyl (C=O) groups is 1. The number of piperidine rings is 1. The number of rotatable bonds is 2. The van der Waals surface area contributed by atoms with Crippen molar-refractivity contribution < 1.29 is 4.79 Å². The van der Waals surface area contributed by atoms with Gasteiger partial charge in [-0.2, -0.15) is 0 Å². The Morgan fingerprint density at radius 3 is 2.16 bits per heavy atom. The Morgan fingerprint density at radius 1 is 1.05 bits per heavy atom. The van der Waals surface area contributed by atoms with Gasteiger partial charge in [0.2, 0.25) is 0 Å². The maximum atomic E-state index is 11.9. The summed E-state index contributed by atoms with van der Waals surface area (Å²) in [6.45, 7) is 10.2. The van der Waals surface area contributed by atoms with Crippen LogP contribution in [0, 0.1) is 0 Å². The van der Waals surface area contributed by atoms with E-state index in [1.54, 1.807) is 0 Å². The average molecular weight is 268 g/mol. The molecular weight excluding hydrogens is 240 g/mol. The zero-order valence-electron chi connectivity index (χ0n) is 12.6. The van der Waals surface area contributed by atoms with E-state index in [1.807, 2.05) is 18.7 Å². The predicted octanol–water partition coefficient (Wildman–Crippen LogP) is 0.816. The van der Waals surface area contributed by atoms with Crippen molar-refractivity contribution in [2.75, 3.05) is 46.3 Å². The maximum absolute atomic E-state index is 11.9. The molecule has 2 fully saturated rings. The van der Waals surface area contributed by atoms with Crippen molar-refractivity contribution in [3.8, 4) is 0 Å². The molecule has 2 aliphatic heterocycles. The monoisotopic (exact) mass is 268 g/mol. The van der Waals surface area contributed by atoms with Crippen molar-refractivity contribution in [3.63, 3.8) is 0 Å². The molecule has 2 saturated heterocycles. The minimum Gasteiger partial charge on any atom is -0.336 e. The molecule has 0 aromatic carbocycles. The summed E-state index contributed by atoms with van der Waals surface area (Å²) in [6.07, 6.45) is 2.55. The first kappa shape index (κ1) is 14.6. The third-order valence-electron chi connectivity index (χ3n) is 4.22. The molecule has 0 aromatic heterocycles.